The van der Waals surface area contributed by atoms with E-state index in [4.69, 9.17) is 11.6 Å². The topological polar surface area (TPSA) is 83.6 Å². The molecule has 1 rings (SSSR count). The van der Waals surface area contributed by atoms with Gasteiger partial charge in [-0.1, -0.05) is 70.9 Å². The summed E-state index contributed by atoms with van der Waals surface area (Å²) in [7, 11) is -4.32. The van der Waals surface area contributed by atoms with Gasteiger partial charge < -0.3 is 5.32 Å². The van der Waals surface area contributed by atoms with E-state index in [0.717, 1.165) is 25.7 Å². The first-order chi connectivity index (χ1) is 13.8. The number of imide groups is 1. The quantitative estimate of drug-likeness (QED) is 0.439. The molecule has 0 aliphatic rings. The highest BCUT2D eigenvalue weighted by Gasteiger charge is 2.37. The van der Waals surface area contributed by atoms with E-state index in [1.165, 1.54) is 37.1 Å². The Bertz CT molecular complexity index is 750. The first kappa shape index (κ1) is 25.4. The summed E-state index contributed by atoms with van der Waals surface area (Å²) in [5.41, 5.74) is 0. The van der Waals surface area contributed by atoms with Crippen molar-refractivity contribution in [2.24, 2.45) is 5.92 Å². The number of sulfonamides is 1. The molecular formula is C21H33ClN2O4S. The molecule has 0 aliphatic heterocycles. The van der Waals surface area contributed by atoms with E-state index in [9.17, 15) is 18.0 Å². The zero-order valence-electron chi connectivity index (χ0n) is 17.6. The molecule has 29 heavy (non-hydrogen) atoms. The fourth-order valence-electron chi connectivity index (χ4n) is 2.90. The lowest BCUT2D eigenvalue weighted by molar-refractivity contribution is -0.128. The molecule has 0 heterocycles. The molecule has 1 aromatic rings. The Morgan fingerprint density at radius 3 is 2.17 bits per heavy atom. The average molecular weight is 445 g/mol. The number of hydrogen-bond donors (Lipinski definition) is 1. The molecule has 0 spiro atoms. The van der Waals surface area contributed by atoms with Crippen molar-refractivity contribution in [2.75, 3.05) is 6.54 Å². The van der Waals surface area contributed by atoms with Gasteiger partial charge >= 0.3 is 6.03 Å². The molecule has 0 aliphatic carbocycles. The van der Waals surface area contributed by atoms with Crippen LogP contribution in [-0.2, 0) is 14.8 Å². The van der Waals surface area contributed by atoms with Gasteiger partial charge in [-0.3, -0.25) is 4.79 Å². The fraction of sp³-hybridized carbons (Fsp3) is 0.619. The molecule has 1 atom stereocenters. The summed E-state index contributed by atoms with van der Waals surface area (Å²) in [6.07, 6.45) is 7.60. The summed E-state index contributed by atoms with van der Waals surface area (Å²) in [6, 6.07) is 4.51. The number of carbonyl (C=O) groups is 2. The number of hydrogen-bond acceptors (Lipinski definition) is 4. The molecule has 164 valence electrons. The van der Waals surface area contributed by atoms with Gasteiger partial charge in [0.2, 0.25) is 5.91 Å². The zero-order chi connectivity index (χ0) is 21.9. The number of unbranched alkanes of at least 4 members (excludes halogenated alkanes) is 5. The summed E-state index contributed by atoms with van der Waals surface area (Å²) >= 11 is 5.83. The highest BCUT2D eigenvalue weighted by atomic mass is 35.5. The van der Waals surface area contributed by atoms with Crippen molar-refractivity contribution in [3.63, 3.8) is 0 Å². The van der Waals surface area contributed by atoms with Crippen molar-refractivity contribution in [1.29, 1.82) is 0 Å². The lowest BCUT2D eigenvalue weighted by Crippen LogP contribution is -2.49. The maximum absolute atomic E-state index is 13.0. The maximum atomic E-state index is 13.0. The number of urea groups is 1. The maximum Gasteiger partial charge on any atom is 0.338 e. The number of carbonyl (C=O) groups excluding carboxylic acids is 2. The first-order valence-corrected chi connectivity index (χ1v) is 12.2. The Labute approximate surface area is 180 Å². The molecule has 0 radical (unpaired) electrons. The summed E-state index contributed by atoms with van der Waals surface area (Å²) in [5.74, 6) is -1.28. The molecule has 0 saturated carbocycles. The van der Waals surface area contributed by atoms with Gasteiger partial charge in [0.25, 0.3) is 10.0 Å². The second-order valence-electron chi connectivity index (χ2n) is 7.25. The number of nitrogens with zero attached hydrogens (tertiary/aromatic N) is 1. The predicted molar refractivity (Wildman–Crippen MR) is 116 cm³/mol. The van der Waals surface area contributed by atoms with Gasteiger partial charge in [-0.15, -0.1) is 0 Å². The highest BCUT2D eigenvalue weighted by molar-refractivity contribution is 7.90. The first-order valence-electron chi connectivity index (χ1n) is 10.4. The summed E-state index contributed by atoms with van der Waals surface area (Å²) < 4.78 is 26.5. The summed E-state index contributed by atoms with van der Waals surface area (Å²) in [5, 5.41) is 2.88. The van der Waals surface area contributed by atoms with Crippen molar-refractivity contribution in [2.45, 2.75) is 77.0 Å². The second kappa shape index (κ2) is 12.9. The molecule has 1 N–H and O–H groups in total. The molecule has 0 aromatic heterocycles. The lowest BCUT2D eigenvalue weighted by atomic mass is 10.0. The highest BCUT2D eigenvalue weighted by Crippen LogP contribution is 2.22. The minimum Gasteiger partial charge on any atom is -0.337 e. The largest absolute Gasteiger partial charge is 0.338 e. The monoisotopic (exact) mass is 444 g/mol. The van der Waals surface area contributed by atoms with Crippen LogP contribution in [0.5, 0.6) is 0 Å². The van der Waals surface area contributed by atoms with Crippen LogP contribution in [0.15, 0.2) is 29.2 Å². The van der Waals surface area contributed by atoms with Crippen molar-refractivity contribution in [3.8, 4) is 0 Å². The molecule has 0 saturated heterocycles. The Hall–Kier alpha value is -1.60. The molecule has 0 bridgehead atoms. The number of nitrogens with one attached hydrogen (secondary N) is 1. The van der Waals surface area contributed by atoms with Gasteiger partial charge in [-0.25, -0.2) is 13.2 Å². The van der Waals surface area contributed by atoms with Crippen LogP contribution in [0, 0.1) is 5.92 Å². The van der Waals surface area contributed by atoms with Crippen LogP contribution in [0.2, 0.25) is 5.02 Å². The van der Waals surface area contributed by atoms with E-state index >= 15 is 0 Å². The third kappa shape index (κ3) is 7.97. The van der Waals surface area contributed by atoms with Crippen LogP contribution in [0.4, 0.5) is 4.79 Å². The van der Waals surface area contributed by atoms with Crippen LogP contribution in [-0.4, -0.2) is 31.2 Å². The fourth-order valence-corrected chi connectivity index (χ4v) is 4.41. The van der Waals surface area contributed by atoms with E-state index in [2.05, 4.69) is 12.2 Å². The molecule has 1 unspecified atom stereocenters. The van der Waals surface area contributed by atoms with Crippen molar-refractivity contribution in [3.05, 3.63) is 29.3 Å². The van der Waals surface area contributed by atoms with Crippen LogP contribution >= 0.6 is 11.6 Å². The number of benzene rings is 1. The summed E-state index contributed by atoms with van der Waals surface area (Å²) in [4.78, 5) is 25.4. The van der Waals surface area contributed by atoms with Gasteiger partial charge in [0.1, 0.15) is 0 Å². The standard InChI is InChI=1S/C21H33ClN2O4S/c1-4-6-7-8-9-10-11-17(3)20(25)24(21(26)23-16-5-2)29(27,28)19-14-12-18(22)13-15-19/h12-15,17H,4-11,16H2,1-3H3,(H,23,26). The number of rotatable bonds is 12. The van der Waals surface area contributed by atoms with Crippen molar-refractivity contribution < 1.29 is 18.0 Å². The molecule has 6 nitrogen and oxygen atoms in total. The third-order valence-electron chi connectivity index (χ3n) is 4.67. The number of halogens is 1. The van der Waals surface area contributed by atoms with Gasteiger partial charge in [0, 0.05) is 17.5 Å². The van der Waals surface area contributed by atoms with Gasteiger partial charge in [-0.05, 0) is 37.1 Å². The number of amides is 3. The van der Waals surface area contributed by atoms with Crippen LogP contribution in [0.3, 0.4) is 0 Å². The van der Waals surface area contributed by atoms with Crippen molar-refractivity contribution in [1.82, 2.24) is 9.62 Å². The Kier molecular flexibility index (Phi) is 11.3. The van der Waals surface area contributed by atoms with E-state index in [0.29, 0.717) is 22.2 Å². The van der Waals surface area contributed by atoms with E-state index in [-0.39, 0.29) is 11.4 Å². The van der Waals surface area contributed by atoms with Gasteiger partial charge in [0.15, 0.2) is 0 Å². The van der Waals surface area contributed by atoms with E-state index < -0.39 is 27.9 Å². The normalized spacial score (nSPS) is 12.4. The molecule has 8 heteroatoms. The minimum atomic E-state index is -4.32. The van der Waals surface area contributed by atoms with Gasteiger partial charge in [-0.2, -0.15) is 4.31 Å². The minimum absolute atomic E-state index is 0.145. The molecule has 0 fully saturated rings. The van der Waals surface area contributed by atoms with E-state index in [1.807, 2.05) is 6.92 Å². The molecule has 1 aromatic carbocycles. The second-order valence-corrected chi connectivity index (χ2v) is 9.47. The lowest BCUT2D eigenvalue weighted by Gasteiger charge is -2.24. The van der Waals surface area contributed by atoms with Crippen LogP contribution in [0.25, 0.3) is 0 Å². The smallest absolute Gasteiger partial charge is 0.337 e. The molecular weight excluding hydrogens is 412 g/mol. The Balaban J connectivity index is 2.95. The Morgan fingerprint density at radius 2 is 1.59 bits per heavy atom. The van der Waals surface area contributed by atoms with E-state index in [1.54, 1.807) is 6.92 Å². The van der Waals surface area contributed by atoms with Crippen LogP contribution in [0.1, 0.15) is 72.1 Å². The van der Waals surface area contributed by atoms with Crippen molar-refractivity contribution >= 4 is 33.6 Å². The average Bonchev–Trinajstić information content (AvgIpc) is 2.69. The Morgan fingerprint density at radius 1 is 1.00 bits per heavy atom. The summed E-state index contributed by atoms with van der Waals surface area (Å²) in [6.45, 7) is 5.96. The predicted octanol–water partition coefficient (Wildman–Crippen LogP) is 5.36. The molecule has 3 amide bonds. The SMILES string of the molecule is CCCCCCCCC(C)C(=O)N(C(=O)NCCC)S(=O)(=O)c1ccc(Cl)cc1. The van der Waals surface area contributed by atoms with Crippen LogP contribution < -0.4 is 5.32 Å². The zero-order valence-corrected chi connectivity index (χ0v) is 19.2. The third-order valence-corrected chi connectivity index (χ3v) is 6.62. The van der Waals surface area contributed by atoms with Gasteiger partial charge in [0.05, 0.1) is 4.90 Å².